The molecule has 0 amide bonds. The van der Waals surface area contributed by atoms with Gasteiger partial charge in [-0.3, -0.25) is 9.69 Å². The van der Waals surface area contributed by atoms with Crippen LogP contribution in [-0.4, -0.2) is 24.8 Å². The van der Waals surface area contributed by atoms with Crippen molar-refractivity contribution in [1.29, 1.82) is 0 Å². The van der Waals surface area contributed by atoms with Crippen LogP contribution in [0.2, 0.25) is 0 Å². The van der Waals surface area contributed by atoms with E-state index < -0.39 is 0 Å². The minimum Gasteiger partial charge on any atom is -0.298 e. The zero-order valence-corrected chi connectivity index (χ0v) is 10.3. The van der Waals surface area contributed by atoms with Gasteiger partial charge in [0, 0.05) is 0 Å². The molecule has 1 unspecified atom stereocenters. The van der Waals surface area contributed by atoms with E-state index in [0.29, 0.717) is 0 Å². The highest BCUT2D eigenvalue weighted by atomic mass is 16.1. The fourth-order valence-corrected chi connectivity index (χ4v) is 2.66. The Kier molecular flexibility index (Phi) is 3.10. The number of carbonyl (C=O) groups is 1. The van der Waals surface area contributed by atoms with Crippen LogP contribution in [0, 0.1) is 0 Å². The van der Waals surface area contributed by atoms with Gasteiger partial charge >= 0.3 is 0 Å². The van der Waals surface area contributed by atoms with E-state index >= 15 is 0 Å². The summed E-state index contributed by atoms with van der Waals surface area (Å²) in [6, 6.07) is 6.42. The number of fused-ring (bicyclic) bond motifs is 1. The van der Waals surface area contributed by atoms with E-state index in [2.05, 4.69) is 18.2 Å². The summed E-state index contributed by atoms with van der Waals surface area (Å²) in [5, 5.41) is 0. The van der Waals surface area contributed by atoms with Gasteiger partial charge in [-0.25, -0.2) is 0 Å². The lowest BCUT2D eigenvalue weighted by Gasteiger charge is -2.22. The van der Waals surface area contributed by atoms with Crippen molar-refractivity contribution in [3.8, 4) is 0 Å². The standard InChI is InChI=1S/C14H19NO/c1-10(16)14(15(2)3)13-8-7-11-5-4-6-12(11)9-13/h7-9,14H,4-6H2,1-3H3. The van der Waals surface area contributed by atoms with Crippen LogP contribution in [0.1, 0.15) is 36.1 Å². The van der Waals surface area contributed by atoms with E-state index in [1.807, 2.05) is 19.0 Å². The molecule has 1 aromatic rings. The first kappa shape index (κ1) is 11.3. The molecule has 86 valence electrons. The number of ketones is 1. The lowest BCUT2D eigenvalue weighted by atomic mass is 9.98. The smallest absolute Gasteiger partial charge is 0.151 e. The molecule has 1 aliphatic rings. The number of likely N-dealkylation sites (N-methyl/N-ethyl adjacent to an activating group) is 1. The summed E-state index contributed by atoms with van der Waals surface area (Å²) in [6.07, 6.45) is 3.62. The predicted octanol–water partition coefficient (Wildman–Crippen LogP) is 2.37. The second-order valence-electron chi connectivity index (χ2n) is 4.86. The van der Waals surface area contributed by atoms with Gasteiger partial charge in [0.05, 0.1) is 6.04 Å². The minimum atomic E-state index is -0.0918. The number of carbonyl (C=O) groups excluding carboxylic acids is 1. The topological polar surface area (TPSA) is 20.3 Å². The number of rotatable bonds is 3. The van der Waals surface area contributed by atoms with Crippen molar-refractivity contribution in [1.82, 2.24) is 4.90 Å². The second-order valence-corrected chi connectivity index (χ2v) is 4.86. The van der Waals surface area contributed by atoms with Gasteiger partial charge < -0.3 is 0 Å². The number of hydrogen-bond acceptors (Lipinski definition) is 2. The fraction of sp³-hybridized carbons (Fsp3) is 0.500. The molecule has 0 bridgehead atoms. The first-order valence-corrected chi connectivity index (χ1v) is 5.88. The molecule has 0 aromatic heterocycles. The van der Waals surface area contributed by atoms with Crippen LogP contribution in [-0.2, 0) is 17.6 Å². The molecular formula is C14H19NO. The number of hydrogen-bond donors (Lipinski definition) is 0. The summed E-state index contributed by atoms with van der Waals surface area (Å²) in [5.74, 6) is 0.211. The summed E-state index contributed by atoms with van der Waals surface area (Å²) in [4.78, 5) is 13.6. The molecule has 1 aromatic carbocycles. The first-order chi connectivity index (χ1) is 7.59. The third-order valence-corrected chi connectivity index (χ3v) is 3.34. The van der Waals surface area contributed by atoms with Crippen LogP contribution in [0.25, 0.3) is 0 Å². The van der Waals surface area contributed by atoms with Gasteiger partial charge in [0.2, 0.25) is 0 Å². The van der Waals surface area contributed by atoms with Crippen molar-refractivity contribution in [3.63, 3.8) is 0 Å². The summed E-state index contributed by atoms with van der Waals surface area (Å²) < 4.78 is 0. The Labute approximate surface area is 97.3 Å². The number of nitrogens with zero attached hydrogens (tertiary/aromatic N) is 1. The van der Waals surface area contributed by atoms with E-state index in [-0.39, 0.29) is 11.8 Å². The summed E-state index contributed by atoms with van der Waals surface area (Å²) >= 11 is 0. The number of benzene rings is 1. The van der Waals surface area contributed by atoms with Crippen LogP contribution in [0.4, 0.5) is 0 Å². The zero-order valence-electron chi connectivity index (χ0n) is 10.3. The Hall–Kier alpha value is -1.15. The lowest BCUT2D eigenvalue weighted by Crippen LogP contribution is -2.26. The fourth-order valence-electron chi connectivity index (χ4n) is 2.66. The summed E-state index contributed by atoms with van der Waals surface area (Å²) in [5.41, 5.74) is 4.04. The van der Waals surface area contributed by atoms with Crippen molar-refractivity contribution < 1.29 is 4.79 Å². The van der Waals surface area contributed by atoms with Gasteiger partial charge in [0.15, 0.2) is 5.78 Å². The van der Waals surface area contributed by atoms with Crippen molar-refractivity contribution in [3.05, 3.63) is 34.9 Å². The SMILES string of the molecule is CC(=O)C(c1ccc2c(c1)CCC2)N(C)C. The quantitative estimate of drug-likeness (QED) is 0.774. The van der Waals surface area contributed by atoms with Crippen molar-refractivity contribution in [2.75, 3.05) is 14.1 Å². The van der Waals surface area contributed by atoms with Crippen molar-refractivity contribution >= 4 is 5.78 Å². The van der Waals surface area contributed by atoms with Gasteiger partial charge in [-0.05, 0) is 57.0 Å². The van der Waals surface area contributed by atoms with E-state index in [0.717, 1.165) is 5.56 Å². The molecular weight excluding hydrogens is 198 g/mol. The molecule has 0 spiro atoms. The molecule has 0 radical (unpaired) electrons. The first-order valence-electron chi connectivity index (χ1n) is 5.88. The van der Waals surface area contributed by atoms with Gasteiger partial charge in [0.1, 0.15) is 0 Å². The maximum Gasteiger partial charge on any atom is 0.151 e. The van der Waals surface area contributed by atoms with Crippen LogP contribution in [0.5, 0.6) is 0 Å². The van der Waals surface area contributed by atoms with Crippen LogP contribution in [0.3, 0.4) is 0 Å². The average Bonchev–Trinajstić information content (AvgIpc) is 2.63. The molecule has 0 heterocycles. The predicted molar refractivity (Wildman–Crippen MR) is 65.6 cm³/mol. The van der Waals surface area contributed by atoms with Gasteiger partial charge in [-0.2, -0.15) is 0 Å². The molecule has 0 aliphatic heterocycles. The molecule has 0 saturated carbocycles. The molecule has 1 atom stereocenters. The Morgan fingerprint density at radius 2 is 1.94 bits per heavy atom. The zero-order chi connectivity index (χ0) is 11.7. The third kappa shape index (κ3) is 2.03. The Bertz CT molecular complexity index is 409. The minimum absolute atomic E-state index is 0.0918. The van der Waals surface area contributed by atoms with E-state index in [1.54, 1.807) is 6.92 Å². The monoisotopic (exact) mass is 217 g/mol. The van der Waals surface area contributed by atoms with Crippen molar-refractivity contribution in [2.45, 2.75) is 32.2 Å². The van der Waals surface area contributed by atoms with E-state index in [9.17, 15) is 4.79 Å². The average molecular weight is 217 g/mol. The highest BCUT2D eigenvalue weighted by Crippen LogP contribution is 2.27. The van der Waals surface area contributed by atoms with Gasteiger partial charge in [-0.1, -0.05) is 18.2 Å². The third-order valence-electron chi connectivity index (χ3n) is 3.34. The molecule has 2 nitrogen and oxygen atoms in total. The van der Waals surface area contributed by atoms with Crippen molar-refractivity contribution in [2.24, 2.45) is 0 Å². The number of aryl methyl sites for hydroxylation is 2. The summed E-state index contributed by atoms with van der Waals surface area (Å²) in [6.45, 7) is 1.66. The molecule has 2 heteroatoms. The molecule has 0 N–H and O–H groups in total. The van der Waals surface area contributed by atoms with E-state index in [4.69, 9.17) is 0 Å². The van der Waals surface area contributed by atoms with Crippen LogP contribution >= 0.6 is 0 Å². The number of Topliss-reactive ketones (excluding diaryl/α,β-unsaturated/α-hetero) is 1. The second kappa shape index (κ2) is 4.38. The lowest BCUT2D eigenvalue weighted by molar-refractivity contribution is -0.121. The van der Waals surface area contributed by atoms with Gasteiger partial charge in [0.25, 0.3) is 0 Å². The Morgan fingerprint density at radius 3 is 2.56 bits per heavy atom. The molecule has 0 saturated heterocycles. The van der Waals surface area contributed by atoms with Crippen LogP contribution in [0.15, 0.2) is 18.2 Å². The molecule has 2 rings (SSSR count). The summed E-state index contributed by atoms with van der Waals surface area (Å²) in [7, 11) is 3.92. The highest BCUT2D eigenvalue weighted by Gasteiger charge is 2.21. The van der Waals surface area contributed by atoms with Crippen LogP contribution < -0.4 is 0 Å². The molecule has 0 fully saturated rings. The van der Waals surface area contributed by atoms with E-state index in [1.165, 1.54) is 30.4 Å². The molecule has 16 heavy (non-hydrogen) atoms. The largest absolute Gasteiger partial charge is 0.298 e. The maximum atomic E-state index is 11.6. The Balaban J connectivity index is 2.35. The maximum absolute atomic E-state index is 11.6. The molecule has 1 aliphatic carbocycles. The normalized spacial score (nSPS) is 16.2. The van der Waals surface area contributed by atoms with Gasteiger partial charge in [-0.15, -0.1) is 0 Å². The highest BCUT2D eigenvalue weighted by molar-refractivity contribution is 5.83. The Morgan fingerprint density at radius 1 is 1.25 bits per heavy atom.